The van der Waals surface area contributed by atoms with E-state index in [1.54, 1.807) is 6.07 Å². The van der Waals surface area contributed by atoms with E-state index in [1.165, 1.54) is 5.39 Å². The van der Waals surface area contributed by atoms with E-state index in [4.69, 9.17) is 9.15 Å². The van der Waals surface area contributed by atoms with Gasteiger partial charge in [-0.25, -0.2) is 4.79 Å². The van der Waals surface area contributed by atoms with E-state index in [2.05, 4.69) is 49.5 Å². The summed E-state index contributed by atoms with van der Waals surface area (Å²) in [5, 5.41) is 5.96. The van der Waals surface area contributed by atoms with Gasteiger partial charge in [-0.1, -0.05) is 50.2 Å². The Kier molecular flexibility index (Phi) is 4.38. The molecule has 0 amide bonds. The van der Waals surface area contributed by atoms with Gasteiger partial charge in [0.05, 0.1) is 5.56 Å². The molecule has 36 heavy (non-hydrogen) atoms. The van der Waals surface area contributed by atoms with E-state index < -0.39 is 0 Å². The number of nitrogens with one attached hydrogen (secondary N) is 1. The highest BCUT2D eigenvalue weighted by Gasteiger charge is 2.41. The molecule has 1 N–H and O–H groups in total. The van der Waals surface area contributed by atoms with Gasteiger partial charge in [0.25, 0.3) is 0 Å². The van der Waals surface area contributed by atoms with E-state index in [9.17, 15) is 9.59 Å². The number of furan rings is 1. The Morgan fingerprint density at radius 2 is 1.81 bits per heavy atom. The van der Waals surface area contributed by atoms with Crippen LogP contribution in [0.3, 0.4) is 0 Å². The molecular weight excluding hydrogens is 450 g/mol. The maximum absolute atomic E-state index is 13.6. The Morgan fingerprint density at radius 1 is 0.944 bits per heavy atom. The zero-order chi connectivity index (χ0) is 24.6. The van der Waals surface area contributed by atoms with Crippen LogP contribution in [0.2, 0.25) is 0 Å². The molecule has 7 rings (SSSR count). The lowest BCUT2D eigenvalue weighted by molar-refractivity contribution is -0.118. The Morgan fingerprint density at radius 3 is 2.69 bits per heavy atom. The number of anilines is 1. The van der Waals surface area contributed by atoms with Gasteiger partial charge in [0.2, 0.25) is 0 Å². The summed E-state index contributed by atoms with van der Waals surface area (Å²) in [6.45, 7) is 4.62. The lowest BCUT2D eigenvalue weighted by atomic mass is 9.68. The zero-order valence-electron chi connectivity index (χ0n) is 20.2. The van der Waals surface area contributed by atoms with Crippen molar-refractivity contribution >= 4 is 33.8 Å². The average molecular weight is 476 g/mol. The molecule has 0 fully saturated rings. The highest BCUT2D eigenvalue weighted by molar-refractivity contribution is 6.12. The van der Waals surface area contributed by atoms with Gasteiger partial charge >= 0.3 is 5.97 Å². The molecule has 3 aliphatic rings. The SMILES string of the molecule is CC1(C)CC(=O)C2=C(C1)c1c(ccc3ccccc13)N[C@H]2c1ccc(-c2ccc3c(c2)COC3=O)o1. The molecule has 0 saturated heterocycles. The molecule has 3 aromatic carbocycles. The number of esters is 1. The number of hydrogen-bond acceptors (Lipinski definition) is 5. The van der Waals surface area contributed by atoms with E-state index >= 15 is 0 Å². The largest absolute Gasteiger partial charge is 0.459 e. The van der Waals surface area contributed by atoms with Crippen molar-refractivity contribution in [2.75, 3.05) is 5.32 Å². The number of benzene rings is 3. The van der Waals surface area contributed by atoms with Gasteiger partial charge in [-0.2, -0.15) is 0 Å². The molecule has 1 aromatic heterocycles. The third-order valence-electron chi connectivity index (χ3n) is 7.62. The quantitative estimate of drug-likeness (QED) is 0.314. The molecule has 1 atom stereocenters. The van der Waals surface area contributed by atoms with Crippen molar-refractivity contribution in [2.24, 2.45) is 5.41 Å². The summed E-state index contributed by atoms with van der Waals surface area (Å²) >= 11 is 0. The van der Waals surface area contributed by atoms with Crippen molar-refractivity contribution in [3.05, 3.63) is 94.8 Å². The Bertz CT molecular complexity index is 1640. The summed E-state index contributed by atoms with van der Waals surface area (Å²) in [7, 11) is 0. The van der Waals surface area contributed by atoms with Gasteiger partial charge in [0.1, 0.15) is 24.2 Å². The van der Waals surface area contributed by atoms with Crippen LogP contribution in [0, 0.1) is 5.41 Å². The predicted octanol–water partition coefficient (Wildman–Crippen LogP) is 7.08. The standard InChI is InChI=1S/C31H25NO4/c1-31(2)14-22-27-20-6-4-3-5-17(20)8-10-23(27)32-29(28(22)24(33)15-31)26-12-11-25(36-26)18-7-9-21-19(13-18)16-35-30(21)34/h3-13,29,32H,14-16H2,1-2H3/t29-/m0/s1. The number of rotatable bonds is 2. The number of carbonyl (C=O) groups is 2. The average Bonchev–Trinajstić information content (AvgIpc) is 3.49. The van der Waals surface area contributed by atoms with Crippen LogP contribution in [0.25, 0.3) is 27.7 Å². The molecule has 0 saturated carbocycles. The lowest BCUT2D eigenvalue weighted by Crippen LogP contribution is -2.33. The van der Waals surface area contributed by atoms with Crippen molar-refractivity contribution in [1.82, 2.24) is 0 Å². The molecule has 0 unspecified atom stereocenters. The van der Waals surface area contributed by atoms with Gasteiger partial charge in [-0.05, 0) is 58.5 Å². The maximum atomic E-state index is 13.6. The minimum absolute atomic E-state index is 0.107. The van der Waals surface area contributed by atoms with Gasteiger partial charge in [0, 0.05) is 34.4 Å². The van der Waals surface area contributed by atoms with Gasteiger partial charge in [0.15, 0.2) is 5.78 Å². The first kappa shape index (κ1) is 21.2. The van der Waals surface area contributed by atoms with Crippen molar-refractivity contribution in [2.45, 2.75) is 39.3 Å². The highest BCUT2D eigenvalue weighted by atomic mass is 16.5. The number of carbonyl (C=O) groups excluding carboxylic acids is 2. The Hall–Kier alpha value is -4.12. The molecule has 5 heteroatoms. The van der Waals surface area contributed by atoms with Crippen LogP contribution in [-0.2, 0) is 16.1 Å². The van der Waals surface area contributed by atoms with E-state index in [0.717, 1.165) is 45.3 Å². The van der Waals surface area contributed by atoms with Crippen molar-refractivity contribution < 1.29 is 18.7 Å². The fraction of sp³-hybridized carbons (Fsp3) is 0.226. The smallest absolute Gasteiger partial charge is 0.338 e. The summed E-state index contributed by atoms with van der Waals surface area (Å²) in [6, 6.07) is 21.7. The fourth-order valence-corrected chi connectivity index (χ4v) is 6.00. The van der Waals surface area contributed by atoms with Crippen molar-refractivity contribution in [1.29, 1.82) is 0 Å². The maximum Gasteiger partial charge on any atom is 0.338 e. The molecule has 5 nitrogen and oxygen atoms in total. The number of ether oxygens (including phenoxy) is 1. The van der Waals surface area contributed by atoms with E-state index in [0.29, 0.717) is 23.5 Å². The second kappa shape index (κ2) is 7.44. The highest BCUT2D eigenvalue weighted by Crippen LogP contribution is 2.52. The van der Waals surface area contributed by atoms with Crippen LogP contribution in [0.1, 0.15) is 60.0 Å². The third kappa shape index (κ3) is 3.15. The number of fused-ring (bicyclic) bond motifs is 5. The lowest BCUT2D eigenvalue weighted by Gasteiger charge is -2.39. The number of allylic oxidation sites excluding steroid dienone is 1. The molecular formula is C31H25NO4. The number of ketones is 1. The summed E-state index contributed by atoms with van der Waals surface area (Å²) in [6.07, 6.45) is 1.34. The monoisotopic (exact) mass is 475 g/mol. The summed E-state index contributed by atoms with van der Waals surface area (Å²) in [5.41, 5.74) is 6.33. The topological polar surface area (TPSA) is 68.5 Å². The molecule has 0 bridgehead atoms. The van der Waals surface area contributed by atoms with Crippen LogP contribution in [0.4, 0.5) is 5.69 Å². The number of Topliss-reactive ketones (excluding diaryl/α,β-unsaturated/α-hetero) is 1. The molecule has 1 aliphatic carbocycles. The summed E-state index contributed by atoms with van der Waals surface area (Å²) in [5.74, 6) is 1.29. The number of hydrogen-bond donors (Lipinski definition) is 1. The van der Waals surface area contributed by atoms with Gasteiger partial charge in [-0.3, -0.25) is 4.79 Å². The van der Waals surface area contributed by atoms with E-state index in [1.807, 2.05) is 30.3 Å². The van der Waals surface area contributed by atoms with Crippen LogP contribution >= 0.6 is 0 Å². The summed E-state index contributed by atoms with van der Waals surface area (Å²) in [4.78, 5) is 25.4. The van der Waals surface area contributed by atoms with E-state index in [-0.39, 0.29) is 29.8 Å². The first-order valence-electron chi connectivity index (χ1n) is 12.3. The molecule has 3 heterocycles. The Balaban J connectivity index is 1.36. The van der Waals surface area contributed by atoms with Crippen LogP contribution in [-0.4, -0.2) is 11.8 Å². The minimum atomic E-state index is -0.356. The molecule has 2 aliphatic heterocycles. The van der Waals surface area contributed by atoms with Gasteiger partial charge in [-0.15, -0.1) is 0 Å². The summed E-state index contributed by atoms with van der Waals surface area (Å²) < 4.78 is 11.5. The van der Waals surface area contributed by atoms with Crippen molar-refractivity contribution in [3.63, 3.8) is 0 Å². The zero-order valence-corrected chi connectivity index (χ0v) is 20.2. The first-order valence-corrected chi connectivity index (χ1v) is 12.3. The predicted molar refractivity (Wildman–Crippen MR) is 139 cm³/mol. The van der Waals surface area contributed by atoms with Crippen LogP contribution < -0.4 is 5.32 Å². The molecule has 0 radical (unpaired) electrons. The van der Waals surface area contributed by atoms with Gasteiger partial charge < -0.3 is 14.5 Å². The Labute approximate surface area is 208 Å². The molecule has 178 valence electrons. The normalized spacial score (nSPS) is 20.0. The second-order valence-corrected chi connectivity index (χ2v) is 10.8. The second-order valence-electron chi connectivity index (χ2n) is 10.8. The molecule has 0 spiro atoms. The number of cyclic esters (lactones) is 1. The van der Waals surface area contributed by atoms with Crippen molar-refractivity contribution in [3.8, 4) is 11.3 Å². The molecule has 4 aromatic rings. The fourth-order valence-electron chi connectivity index (χ4n) is 6.00. The van der Waals surface area contributed by atoms with Crippen LogP contribution in [0.5, 0.6) is 0 Å². The first-order chi connectivity index (χ1) is 17.4. The minimum Gasteiger partial charge on any atom is -0.459 e. The third-order valence-corrected chi connectivity index (χ3v) is 7.62. The van der Waals surface area contributed by atoms with Crippen LogP contribution in [0.15, 0.2) is 76.7 Å².